The number of nitrogens with zero attached hydrogens (tertiary/aromatic N) is 2. The molecule has 24 heavy (non-hydrogen) atoms. The van der Waals surface area contributed by atoms with Gasteiger partial charge in [-0.3, -0.25) is 4.79 Å². The average molecular weight is 346 g/mol. The summed E-state index contributed by atoms with van der Waals surface area (Å²) in [6, 6.07) is 7.92. The van der Waals surface area contributed by atoms with Crippen LogP contribution in [0, 0.1) is 0 Å². The number of hydrogen-bond donors (Lipinski definition) is 0. The van der Waals surface area contributed by atoms with Gasteiger partial charge < -0.3 is 14.4 Å². The van der Waals surface area contributed by atoms with Gasteiger partial charge in [0.05, 0.1) is 6.54 Å². The molecule has 1 amide bonds. The van der Waals surface area contributed by atoms with Crippen LogP contribution in [0.15, 0.2) is 35.8 Å². The average Bonchev–Trinajstić information content (AvgIpc) is 3.25. The summed E-state index contributed by atoms with van der Waals surface area (Å²) in [5.41, 5.74) is 1.26. The highest BCUT2D eigenvalue weighted by molar-refractivity contribution is 7.11. The molecule has 1 aromatic carbocycles. The minimum absolute atomic E-state index is 0.00632. The molecule has 1 aliphatic rings. The van der Waals surface area contributed by atoms with Crippen LogP contribution in [0.5, 0.6) is 10.9 Å². The van der Waals surface area contributed by atoms with Gasteiger partial charge in [-0.05, 0) is 23.6 Å². The highest BCUT2D eigenvalue weighted by atomic mass is 32.1. The minimum Gasteiger partial charge on any atom is -0.484 e. The van der Waals surface area contributed by atoms with Gasteiger partial charge in [0.1, 0.15) is 11.9 Å². The largest absolute Gasteiger partial charge is 0.484 e. The van der Waals surface area contributed by atoms with Gasteiger partial charge >= 0.3 is 0 Å². The Morgan fingerprint density at radius 3 is 2.83 bits per heavy atom. The summed E-state index contributed by atoms with van der Waals surface area (Å²) in [5, 5.41) is 2.54. The standard InChI is InChI=1S/C18H22N2O3S/c1-13(2)14-3-5-15(6-4-14)22-12-17(21)20-9-7-16(11-20)23-18-19-8-10-24-18/h3-6,8,10,13,16H,7,9,11-12H2,1-2H3. The van der Waals surface area contributed by atoms with Gasteiger partial charge in [-0.25, -0.2) is 4.98 Å². The zero-order valence-electron chi connectivity index (χ0n) is 14.0. The lowest BCUT2D eigenvalue weighted by molar-refractivity contribution is -0.132. The Morgan fingerprint density at radius 2 is 2.17 bits per heavy atom. The molecular formula is C18H22N2O3S. The summed E-state index contributed by atoms with van der Waals surface area (Å²) in [4.78, 5) is 18.2. The van der Waals surface area contributed by atoms with E-state index in [0.29, 0.717) is 24.2 Å². The molecule has 6 heteroatoms. The van der Waals surface area contributed by atoms with E-state index in [-0.39, 0.29) is 18.6 Å². The van der Waals surface area contributed by atoms with E-state index in [1.165, 1.54) is 16.9 Å². The van der Waals surface area contributed by atoms with Gasteiger partial charge in [-0.1, -0.05) is 37.3 Å². The van der Waals surface area contributed by atoms with Crippen LogP contribution in [0.1, 0.15) is 31.7 Å². The zero-order chi connectivity index (χ0) is 16.9. The second-order valence-corrected chi connectivity index (χ2v) is 7.04. The van der Waals surface area contributed by atoms with E-state index in [2.05, 4.69) is 18.8 Å². The smallest absolute Gasteiger partial charge is 0.273 e. The van der Waals surface area contributed by atoms with Crippen molar-refractivity contribution in [1.29, 1.82) is 0 Å². The van der Waals surface area contributed by atoms with Crippen molar-refractivity contribution < 1.29 is 14.3 Å². The summed E-state index contributed by atoms with van der Waals surface area (Å²) in [6.07, 6.45) is 2.57. The third kappa shape index (κ3) is 4.26. The molecule has 0 N–H and O–H groups in total. The molecule has 1 unspecified atom stereocenters. The van der Waals surface area contributed by atoms with E-state index in [1.807, 2.05) is 29.6 Å². The Balaban J connectivity index is 1.45. The molecule has 1 saturated heterocycles. The highest BCUT2D eigenvalue weighted by Crippen LogP contribution is 2.21. The van der Waals surface area contributed by atoms with Crippen molar-refractivity contribution in [2.45, 2.75) is 32.3 Å². The first kappa shape index (κ1) is 16.8. The molecule has 3 rings (SSSR count). The molecule has 128 valence electrons. The lowest BCUT2D eigenvalue weighted by Crippen LogP contribution is -2.34. The summed E-state index contributed by atoms with van der Waals surface area (Å²) in [7, 11) is 0. The fourth-order valence-corrected chi connectivity index (χ4v) is 3.20. The second-order valence-electron chi connectivity index (χ2n) is 6.18. The van der Waals surface area contributed by atoms with Crippen molar-refractivity contribution in [3.8, 4) is 10.9 Å². The van der Waals surface area contributed by atoms with Crippen LogP contribution in [-0.4, -0.2) is 41.6 Å². The monoisotopic (exact) mass is 346 g/mol. The Labute approximate surface area is 146 Å². The predicted molar refractivity (Wildman–Crippen MR) is 93.8 cm³/mol. The second kappa shape index (κ2) is 7.66. The van der Waals surface area contributed by atoms with Gasteiger partial charge in [0.25, 0.3) is 11.1 Å². The molecule has 0 saturated carbocycles. The highest BCUT2D eigenvalue weighted by Gasteiger charge is 2.28. The molecule has 1 fully saturated rings. The van der Waals surface area contributed by atoms with Gasteiger partial charge in [-0.15, -0.1) is 0 Å². The van der Waals surface area contributed by atoms with Crippen LogP contribution in [0.25, 0.3) is 0 Å². The van der Waals surface area contributed by atoms with E-state index < -0.39 is 0 Å². The molecule has 0 radical (unpaired) electrons. The molecule has 0 aliphatic carbocycles. The number of amides is 1. The number of likely N-dealkylation sites (tertiary alicyclic amines) is 1. The van der Waals surface area contributed by atoms with E-state index in [0.717, 1.165) is 12.2 Å². The lowest BCUT2D eigenvalue weighted by atomic mass is 10.0. The first-order chi connectivity index (χ1) is 11.6. The number of thiazole rings is 1. The summed E-state index contributed by atoms with van der Waals surface area (Å²) in [6.45, 7) is 5.65. The van der Waals surface area contributed by atoms with E-state index in [1.54, 1.807) is 11.1 Å². The van der Waals surface area contributed by atoms with E-state index in [4.69, 9.17) is 9.47 Å². The minimum atomic E-state index is -0.00632. The molecule has 0 bridgehead atoms. The molecule has 2 aromatic rings. The molecule has 1 aliphatic heterocycles. The van der Waals surface area contributed by atoms with Gasteiger partial charge in [0.2, 0.25) is 0 Å². The third-order valence-corrected chi connectivity index (χ3v) is 4.75. The van der Waals surface area contributed by atoms with Crippen molar-refractivity contribution in [2.24, 2.45) is 0 Å². The van der Waals surface area contributed by atoms with Crippen molar-refractivity contribution in [2.75, 3.05) is 19.7 Å². The first-order valence-corrected chi connectivity index (χ1v) is 9.06. The fourth-order valence-electron chi connectivity index (χ4n) is 2.65. The number of hydrogen-bond acceptors (Lipinski definition) is 5. The topological polar surface area (TPSA) is 51.7 Å². The molecule has 0 spiro atoms. The maximum Gasteiger partial charge on any atom is 0.273 e. The van der Waals surface area contributed by atoms with Crippen LogP contribution in [0.4, 0.5) is 0 Å². The van der Waals surface area contributed by atoms with Gasteiger partial charge in [0, 0.05) is 24.5 Å². The molecule has 5 nitrogen and oxygen atoms in total. The SMILES string of the molecule is CC(C)c1ccc(OCC(=O)N2CCC(Oc3nccs3)C2)cc1. The Kier molecular flexibility index (Phi) is 5.35. The first-order valence-electron chi connectivity index (χ1n) is 8.18. The quantitative estimate of drug-likeness (QED) is 0.805. The summed E-state index contributed by atoms with van der Waals surface area (Å²) < 4.78 is 11.4. The molecule has 2 heterocycles. The van der Waals surface area contributed by atoms with E-state index in [9.17, 15) is 4.79 Å². The number of carbonyl (C=O) groups is 1. The fraction of sp³-hybridized carbons (Fsp3) is 0.444. The molecule has 1 aromatic heterocycles. The van der Waals surface area contributed by atoms with Crippen LogP contribution >= 0.6 is 11.3 Å². The van der Waals surface area contributed by atoms with Crippen molar-refractivity contribution in [3.05, 3.63) is 41.4 Å². The Hall–Kier alpha value is -2.08. The van der Waals surface area contributed by atoms with Gasteiger partial charge in [-0.2, -0.15) is 0 Å². The number of aromatic nitrogens is 1. The Bertz CT molecular complexity index is 655. The zero-order valence-corrected chi connectivity index (χ0v) is 14.8. The maximum absolute atomic E-state index is 12.3. The van der Waals surface area contributed by atoms with Crippen molar-refractivity contribution >= 4 is 17.2 Å². The number of benzene rings is 1. The van der Waals surface area contributed by atoms with Gasteiger partial charge in [0.15, 0.2) is 6.61 Å². The van der Waals surface area contributed by atoms with Crippen LogP contribution in [-0.2, 0) is 4.79 Å². The van der Waals surface area contributed by atoms with Crippen molar-refractivity contribution in [3.63, 3.8) is 0 Å². The predicted octanol–water partition coefficient (Wildman–Crippen LogP) is 3.33. The normalized spacial score (nSPS) is 17.3. The summed E-state index contributed by atoms with van der Waals surface area (Å²) >= 11 is 1.47. The lowest BCUT2D eigenvalue weighted by Gasteiger charge is -2.17. The van der Waals surface area contributed by atoms with E-state index >= 15 is 0 Å². The van der Waals surface area contributed by atoms with Crippen LogP contribution in [0.3, 0.4) is 0 Å². The van der Waals surface area contributed by atoms with Crippen LogP contribution in [0.2, 0.25) is 0 Å². The maximum atomic E-state index is 12.3. The third-order valence-electron chi connectivity index (χ3n) is 4.08. The Morgan fingerprint density at radius 1 is 1.38 bits per heavy atom. The number of ether oxygens (including phenoxy) is 2. The number of rotatable bonds is 6. The molecular weight excluding hydrogens is 324 g/mol. The van der Waals surface area contributed by atoms with Crippen LogP contribution < -0.4 is 9.47 Å². The number of carbonyl (C=O) groups excluding carboxylic acids is 1. The van der Waals surface area contributed by atoms with Crippen molar-refractivity contribution in [1.82, 2.24) is 9.88 Å². The summed E-state index contributed by atoms with van der Waals surface area (Å²) in [5.74, 6) is 1.20. The molecule has 1 atom stereocenters.